The quantitative estimate of drug-likeness (QED) is 0.811. The molecule has 3 nitrogen and oxygen atoms in total. The summed E-state index contributed by atoms with van der Waals surface area (Å²) in [4.78, 5) is 13.9. The number of rotatable bonds is 5. The zero-order valence-corrected chi connectivity index (χ0v) is 11.1. The molecule has 18 heavy (non-hydrogen) atoms. The van der Waals surface area contributed by atoms with E-state index in [4.69, 9.17) is 5.73 Å². The van der Waals surface area contributed by atoms with Crippen LogP contribution in [0.25, 0.3) is 0 Å². The lowest BCUT2D eigenvalue weighted by Gasteiger charge is -2.16. The van der Waals surface area contributed by atoms with Crippen LogP contribution in [0, 0.1) is 5.92 Å². The maximum Gasteiger partial charge on any atom is 0.222 e. The summed E-state index contributed by atoms with van der Waals surface area (Å²) in [6.45, 7) is 3.96. The number of hydrogen-bond donors (Lipinski definition) is 1. The largest absolute Gasteiger partial charge is 0.399 e. The van der Waals surface area contributed by atoms with E-state index in [2.05, 4.69) is 6.92 Å². The molecular formula is C15H22N2O. The van der Waals surface area contributed by atoms with Crippen LogP contribution in [-0.4, -0.2) is 23.9 Å². The SMILES string of the molecule is CCCC1CC(=O)N(CCc2ccc(N)cc2)C1. The van der Waals surface area contributed by atoms with E-state index in [-0.39, 0.29) is 0 Å². The number of nitrogen functional groups attached to an aromatic ring is 1. The van der Waals surface area contributed by atoms with Crippen LogP contribution in [0.15, 0.2) is 24.3 Å². The summed E-state index contributed by atoms with van der Waals surface area (Å²) in [6, 6.07) is 7.92. The van der Waals surface area contributed by atoms with Crippen molar-refractivity contribution in [3.63, 3.8) is 0 Å². The Kier molecular flexibility index (Phi) is 4.24. The van der Waals surface area contributed by atoms with Crippen molar-refractivity contribution in [3.05, 3.63) is 29.8 Å². The molecule has 2 N–H and O–H groups in total. The van der Waals surface area contributed by atoms with Crippen LogP contribution in [-0.2, 0) is 11.2 Å². The number of nitrogens with two attached hydrogens (primary N) is 1. The zero-order chi connectivity index (χ0) is 13.0. The molecule has 1 aromatic carbocycles. The number of likely N-dealkylation sites (tertiary alicyclic amines) is 1. The fourth-order valence-electron chi connectivity index (χ4n) is 2.62. The highest BCUT2D eigenvalue weighted by Gasteiger charge is 2.28. The summed E-state index contributed by atoms with van der Waals surface area (Å²) in [5, 5.41) is 0. The summed E-state index contributed by atoms with van der Waals surface area (Å²) in [7, 11) is 0. The maximum absolute atomic E-state index is 11.8. The highest BCUT2D eigenvalue weighted by Crippen LogP contribution is 2.22. The molecule has 1 aliphatic heterocycles. The van der Waals surface area contributed by atoms with Gasteiger partial charge in [0.1, 0.15) is 0 Å². The van der Waals surface area contributed by atoms with Crippen LogP contribution in [0.2, 0.25) is 0 Å². The molecule has 1 aromatic rings. The van der Waals surface area contributed by atoms with Crippen LogP contribution >= 0.6 is 0 Å². The maximum atomic E-state index is 11.8. The Balaban J connectivity index is 1.83. The monoisotopic (exact) mass is 246 g/mol. The minimum atomic E-state index is 0.323. The van der Waals surface area contributed by atoms with Crippen LogP contribution in [0.4, 0.5) is 5.69 Å². The summed E-state index contributed by atoms with van der Waals surface area (Å²) in [6.07, 6.45) is 4.01. The molecule has 1 amide bonds. The molecule has 1 atom stereocenters. The van der Waals surface area contributed by atoms with Crippen LogP contribution in [0.3, 0.4) is 0 Å². The molecule has 3 heteroatoms. The van der Waals surface area contributed by atoms with Gasteiger partial charge in [0, 0.05) is 25.2 Å². The van der Waals surface area contributed by atoms with Gasteiger partial charge in [-0.25, -0.2) is 0 Å². The second-order valence-electron chi connectivity index (χ2n) is 5.19. The van der Waals surface area contributed by atoms with E-state index >= 15 is 0 Å². The number of carbonyl (C=O) groups is 1. The standard InChI is InChI=1S/C15H22N2O/c1-2-3-13-10-15(18)17(11-13)9-8-12-4-6-14(16)7-5-12/h4-7,13H,2-3,8-11,16H2,1H3. The fraction of sp³-hybridized carbons (Fsp3) is 0.533. The first-order valence-corrected chi connectivity index (χ1v) is 6.81. The highest BCUT2D eigenvalue weighted by molar-refractivity contribution is 5.78. The third-order valence-corrected chi connectivity index (χ3v) is 3.64. The zero-order valence-electron chi connectivity index (χ0n) is 11.1. The Bertz CT molecular complexity index is 399. The second kappa shape index (κ2) is 5.89. The average Bonchev–Trinajstić information content (AvgIpc) is 2.70. The molecule has 1 unspecified atom stereocenters. The van der Waals surface area contributed by atoms with Crippen molar-refractivity contribution in [2.24, 2.45) is 5.92 Å². The van der Waals surface area contributed by atoms with Gasteiger partial charge in [0.15, 0.2) is 0 Å². The van der Waals surface area contributed by atoms with E-state index in [1.165, 1.54) is 18.4 Å². The first kappa shape index (κ1) is 12.9. The third kappa shape index (κ3) is 3.25. The smallest absolute Gasteiger partial charge is 0.222 e. The van der Waals surface area contributed by atoms with Crippen molar-refractivity contribution in [1.29, 1.82) is 0 Å². The van der Waals surface area contributed by atoms with Crippen LogP contribution in [0.1, 0.15) is 31.7 Å². The Labute approximate surface area is 109 Å². The van der Waals surface area contributed by atoms with Crippen molar-refractivity contribution >= 4 is 11.6 Å². The molecule has 0 saturated carbocycles. The van der Waals surface area contributed by atoms with E-state index in [1.54, 1.807) is 0 Å². The molecule has 1 aliphatic rings. The summed E-state index contributed by atoms with van der Waals surface area (Å²) in [5.74, 6) is 0.901. The van der Waals surface area contributed by atoms with E-state index in [0.29, 0.717) is 11.8 Å². The van der Waals surface area contributed by atoms with Crippen molar-refractivity contribution in [3.8, 4) is 0 Å². The van der Waals surface area contributed by atoms with Gasteiger partial charge in [0.2, 0.25) is 5.91 Å². The van der Waals surface area contributed by atoms with Crippen LogP contribution in [0.5, 0.6) is 0 Å². The Morgan fingerprint density at radius 3 is 2.72 bits per heavy atom. The molecule has 0 radical (unpaired) electrons. The van der Waals surface area contributed by atoms with Gasteiger partial charge < -0.3 is 10.6 Å². The number of benzene rings is 1. The summed E-state index contributed by atoms with van der Waals surface area (Å²) >= 11 is 0. The minimum Gasteiger partial charge on any atom is -0.399 e. The lowest BCUT2D eigenvalue weighted by atomic mass is 10.0. The van der Waals surface area contributed by atoms with Crippen molar-refractivity contribution in [1.82, 2.24) is 4.90 Å². The number of amides is 1. The molecule has 0 aromatic heterocycles. The van der Waals surface area contributed by atoms with Gasteiger partial charge in [0.05, 0.1) is 0 Å². The van der Waals surface area contributed by atoms with Crippen molar-refractivity contribution < 1.29 is 4.79 Å². The Morgan fingerprint density at radius 2 is 2.06 bits per heavy atom. The fourth-order valence-corrected chi connectivity index (χ4v) is 2.62. The molecule has 2 rings (SSSR count). The number of hydrogen-bond acceptors (Lipinski definition) is 2. The molecule has 1 heterocycles. The predicted octanol–water partition coefficient (Wildman–Crippen LogP) is 2.46. The third-order valence-electron chi connectivity index (χ3n) is 3.64. The van der Waals surface area contributed by atoms with Gasteiger partial charge in [-0.2, -0.15) is 0 Å². The van der Waals surface area contributed by atoms with E-state index in [0.717, 1.165) is 31.6 Å². The number of nitrogens with zero attached hydrogens (tertiary/aromatic N) is 1. The second-order valence-corrected chi connectivity index (χ2v) is 5.19. The van der Waals surface area contributed by atoms with E-state index < -0.39 is 0 Å². The van der Waals surface area contributed by atoms with Crippen LogP contribution < -0.4 is 5.73 Å². The lowest BCUT2D eigenvalue weighted by Crippen LogP contribution is -2.27. The molecule has 1 fully saturated rings. The highest BCUT2D eigenvalue weighted by atomic mass is 16.2. The lowest BCUT2D eigenvalue weighted by molar-refractivity contribution is -0.127. The Morgan fingerprint density at radius 1 is 1.33 bits per heavy atom. The predicted molar refractivity (Wildman–Crippen MR) is 74.2 cm³/mol. The van der Waals surface area contributed by atoms with Crippen molar-refractivity contribution in [2.75, 3.05) is 18.8 Å². The first-order valence-electron chi connectivity index (χ1n) is 6.81. The van der Waals surface area contributed by atoms with Gasteiger partial charge >= 0.3 is 0 Å². The molecule has 1 saturated heterocycles. The van der Waals surface area contributed by atoms with Gasteiger partial charge in [-0.1, -0.05) is 25.5 Å². The van der Waals surface area contributed by atoms with Gasteiger partial charge in [-0.05, 0) is 36.5 Å². The molecular weight excluding hydrogens is 224 g/mol. The van der Waals surface area contributed by atoms with E-state index in [1.807, 2.05) is 29.2 Å². The summed E-state index contributed by atoms with van der Waals surface area (Å²) in [5.41, 5.74) is 7.69. The molecule has 0 spiro atoms. The van der Waals surface area contributed by atoms with E-state index in [9.17, 15) is 4.79 Å². The van der Waals surface area contributed by atoms with Gasteiger partial charge in [0.25, 0.3) is 0 Å². The minimum absolute atomic E-state index is 0.323. The number of carbonyl (C=O) groups excluding carboxylic acids is 1. The van der Waals surface area contributed by atoms with Gasteiger partial charge in [-0.15, -0.1) is 0 Å². The van der Waals surface area contributed by atoms with Gasteiger partial charge in [-0.3, -0.25) is 4.79 Å². The Hall–Kier alpha value is -1.51. The molecule has 0 bridgehead atoms. The first-order chi connectivity index (χ1) is 8.69. The molecule has 0 aliphatic carbocycles. The number of anilines is 1. The average molecular weight is 246 g/mol. The summed E-state index contributed by atoms with van der Waals surface area (Å²) < 4.78 is 0. The topological polar surface area (TPSA) is 46.3 Å². The normalized spacial score (nSPS) is 19.5. The molecule has 98 valence electrons. The van der Waals surface area contributed by atoms with Crippen molar-refractivity contribution in [2.45, 2.75) is 32.6 Å².